The van der Waals surface area contributed by atoms with Gasteiger partial charge in [0.2, 0.25) is 5.91 Å². The van der Waals surface area contributed by atoms with Crippen molar-refractivity contribution in [2.45, 2.75) is 25.9 Å². The number of hydrogen-bond donors (Lipinski definition) is 4. The molecule has 39 heavy (non-hydrogen) atoms. The Morgan fingerprint density at radius 1 is 1.13 bits per heavy atom. The Hall–Kier alpha value is -3.60. The number of carbonyl (C=O) groups excluding carboxylic acids is 2. The van der Waals surface area contributed by atoms with Crippen LogP contribution in [0.15, 0.2) is 54.6 Å². The van der Waals surface area contributed by atoms with Crippen molar-refractivity contribution in [3.8, 4) is 0 Å². The van der Waals surface area contributed by atoms with Gasteiger partial charge in [0.25, 0.3) is 0 Å². The van der Waals surface area contributed by atoms with Gasteiger partial charge in [-0.2, -0.15) is 0 Å². The molecule has 0 bridgehead atoms. The highest BCUT2D eigenvalue weighted by Crippen LogP contribution is 2.28. The summed E-state index contributed by atoms with van der Waals surface area (Å²) in [6.07, 6.45) is 3.91. The maximum Gasteiger partial charge on any atom is 0.319 e. The van der Waals surface area contributed by atoms with Crippen molar-refractivity contribution in [1.29, 1.82) is 5.41 Å². The number of imidazole rings is 1. The summed E-state index contributed by atoms with van der Waals surface area (Å²) in [6, 6.07) is 13.1. The Kier molecular flexibility index (Phi) is 10.9. The lowest BCUT2D eigenvalue weighted by Gasteiger charge is -2.33. The number of ether oxygens (including phenoxy) is 1. The predicted molar refractivity (Wildman–Crippen MR) is 158 cm³/mol. The third-order valence-corrected chi connectivity index (χ3v) is 6.62. The number of anilines is 1. The minimum atomic E-state index is -1.14. The first-order valence-electron chi connectivity index (χ1n) is 12.2. The fourth-order valence-electron chi connectivity index (χ4n) is 4.39. The van der Waals surface area contributed by atoms with Crippen LogP contribution in [0.2, 0.25) is 0 Å². The number of amidine groups is 1. The molecule has 1 atom stereocenters. The van der Waals surface area contributed by atoms with E-state index in [2.05, 4.69) is 10.6 Å². The van der Waals surface area contributed by atoms with E-state index >= 15 is 0 Å². The summed E-state index contributed by atoms with van der Waals surface area (Å²) in [4.78, 5) is 32.3. The molecule has 10 nitrogen and oxygen atoms in total. The number of carbonyl (C=O) groups is 2. The van der Waals surface area contributed by atoms with E-state index in [9.17, 15) is 9.59 Å². The van der Waals surface area contributed by atoms with E-state index in [4.69, 9.17) is 20.9 Å². The molecule has 1 aliphatic rings. The Morgan fingerprint density at radius 2 is 1.79 bits per heavy atom. The summed E-state index contributed by atoms with van der Waals surface area (Å²) < 4.78 is 7.08. The number of halogens is 2. The number of amides is 1. The van der Waals surface area contributed by atoms with Gasteiger partial charge in [0.15, 0.2) is 0 Å². The van der Waals surface area contributed by atoms with Gasteiger partial charge in [0.05, 0.1) is 30.7 Å². The lowest BCUT2D eigenvalue weighted by atomic mass is 9.89. The Balaban J connectivity index is 0.00000267. The second-order valence-corrected chi connectivity index (χ2v) is 9.10. The van der Waals surface area contributed by atoms with Crippen molar-refractivity contribution >= 4 is 59.2 Å². The highest BCUT2D eigenvalue weighted by molar-refractivity contribution is 5.95. The van der Waals surface area contributed by atoms with Crippen LogP contribution in [0.1, 0.15) is 30.8 Å². The van der Waals surface area contributed by atoms with E-state index < -0.39 is 11.5 Å². The molecule has 0 aliphatic carbocycles. The average Bonchev–Trinajstić information content (AvgIpc) is 3.54. The minimum Gasteiger partial charge on any atom is -0.465 e. The summed E-state index contributed by atoms with van der Waals surface area (Å²) in [6.45, 7) is 5.28. The maximum atomic E-state index is 13.6. The van der Waals surface area contributed by atoms with Gasteiger partial charge in [-0.3, -0.25) is 20.3 Å². The number of nitrogens with zero attached hydrogens (tertiary/aromatic N) is 3. The number of nitrogens with two attached hydrogens (primary N) is 1. The van der Waals surface area contributed by atoms with E-state index in [0.717, 1.165) is 28.1 Å². The average molecular weight is 577 g/mol. The Bertz CT molecular complexity index is 1350. The van der Waals surface area contributed by atoms with E-state index in [1.807, 2.05) is 54.1 Å². The summed E-state index contributed by atoms with van der Waals surface area (Å²) in [7, 11) is 1.95. The number of benzene rings is 2. The van der Waals surface area contributed by atoms with Crippen molar-refractivity contribution in [1.82, 2.24) is 19.8 Å². The van der Waals surface area contributed by atoms with Crippen LogP contribution in [0.3, 0.4) is 0 Å². The van der Waals surface area contributed by atoms with Gasteiger partial charge in [-0.25, -0.2) is 4.98 Å². The maximum absolute atomic E-state index is 13.6. The second kappa shape index (κ2) is 13.5. The number of nitrogen functional groups attached to an aromatic ring is 1. The first-order valence-corrected chi connectivity index (χ1v) is 12.2. The summed E-state index contributed by atoms with van der Waals surface area (Å²) in [5, 5.41) is 14.0. The number of aryl methyl sites for hydroxylation is 1. The third kappa shape index (κ3) is 6.89. The molecule has 210 valence electrons. The molecule has 0 fully saturated rings. The molecular weight excluding hydrogens is 541 g/mol. The molecule has 3 aromatic rings. The van der Waals surface area contributed by atoms with Crippen molar-refractivity contribution in [3.63, 3.8) is 0 Å². The predicted octanol–water partition coefficient (Wildman–Crippen LogP) is 3.08. The van der Waals surface area contributed by atoms with Crippen molar-refractivity contribution in [2.75, 3.05) is 31.6 Å². The van der Waals surface area contributed by atoms with Gasteiger partial charge in [-0.05, 0) is 55.8 Å². The summed E-state index contributed by atoms with van der Waals surface area (Å²) >= 11 is 0. The molecule has 0 saturated carbocycles. The highest BCUT2D eigenvalue weighted by Gasteiger charge is 2.39. The first kappa shape index (κ1) is 31.6. The van der Waals surface area contributed by atoms with Crippen LogP contribution in [-0.4, -0.2) is 58.4 Å². The van der Waals surface area contributed by atoms with Crippen LogP contribution in [0.4, 0.5) is 5.69 Å². The lowest BCUT2D eigenvalue weighted by molar-refractivity contribution is -0.143. The van der Waals surface area contributed by atoms with E-state index in [-0.39, 0.29) is 49.7 Å². The molecule has 2 heterocycles. The lowest BCUT2D eigenvalue weighted by Crippen LogP contribution is -2.54. The third-order valence-electron chi connectivity index (χ3n) is 6.62. The molecular formula is C27H35Cl2N7O3. The number of rotatable bonds is 10. The summed E-state index contributed by atoms with van der Waals surface area (Å²) in [5.41, 5.74) is 8.34. The molecule has 5 N–H and O–H groups in total. The SMILES string of the molecule is CCOC(=O)CNC(C)(C(=O)N1CC=CC1)c1ccc2c(c1)nc(CNc1ccc(C(=N)N)cc1)n2C.Cl.Cl. The molecule has 2 aromatic carbocycles. The van der Waals surface area contributed by atoms with Gasteiger partial charge in [0, 0.05) is 31.4 Å². The van der Waals surface area contributed by atoms with Crippen molar-refractivity contribution < 1.29 is 14.3 Å². The number of fused-ring (bicyclic) bond motifs is 1. The van der Waals surface area contributed by atoms with E-state index in [0.29, 0.717) is 25.2 Å². The summed E-state index contributed by atoms with van der Waals surface area (Å²) in [5.74, 6) is 0.317. The van der Waals surface area contributed by atoms with Gasteiger partial charge >= 0.3 is 5.97 Å². The molecule has 1 amide bonds. The van der Waals surface area contributed by atoms with E-state index in [1.165, 1.54) is 0 Å². The van der Waals surface area contributed by atoms with Gasteiger partial charge in [-0.1, -0.05) is 18.2 Å². The topological polar surface area (TPSA) is 138 Å². The standard InChI is InChI=1S/C27H33N7O3.2ClH/c1-4-37-24(35)17-31-27(2,26(36)34-13-5-6-14-34)19-9-12-22-21(15-19)32-23(33(22)3)16-30-20-10-7-18(8-11-20)25(28)29;;/h5-12,15,30-31H,4,13-14,16-17H2,1-3H3,(H3,28,29);2*1H. The molecule has 1 aromatic heterocycles. The van der Waals surface area contributed by atoms with Crippen LogP contribution in [0.5, 0.6) is 0 Å². The molecule has 1 aliphatic heterocycles. The minimum absolute atomic E-state index is 0. The smallest absolute Gasteiger partial charge is 0.319 e. The number of hydrogen-bond acceptors (Lipinski definition) is 7. The molecule has 12 heteroatoms. The zero-order valence-corrected chi connectivity index (χ0v) is 23.8. The zero-order valence-electron chi connectivity index (χ0n) is 22.2. The number of nitrogens with one attached hydrogen (secondary N) is 3. The normalized spacial score (nSPS) is 13.8. The number of aromatic nitrogens is 2. The quantitative estimate of drug-likeness (QED) is 0.126. The monoisotopic (exact) mass is 575 g/mol. The number of esters is 1. The molecule has 0 spiro atoms. The Labute approximate surface area is 240 Å². The van der Waals surface area contributed by atoms with Crippen molar-refractivity contribution in [3.05, 3.63) is 71.6 Å². The van der Waals surface area contributed by atoms with Crippen LogP contribution in [-0.2, 0) is 33.5 Å². The van der Waals surface area contributed by atoms with Crippen LogP contribution < -0.4 is 16.4 Å². The fourth-order valence-corrected chi connectivity index (χ4v) is 4.39. The van der Waals surface area contributed by atoms with Gasteiger partial charge < -0.3 is 25.3 Å². The highest BCUT2D eigenvalue weighted by atomic mass is 35.5. The Morgan fingerprint density at radius 3 is 2.41 bits per heavy atom. The first-order chi connectivity index (χ1) is 17.7. The molecule has 1 unspecified atom stereocenters. The largest absolute Gasteiger partial charge is 0.465 e. The fraction of sp³-hybridized carbons (Fsp3) is 0.333. The molecule has 0 saturated heterocycles. The van der Waals surface area contributed by atoms with Gasteiger partial charge in [-0.15, -0.1) is 24.8 Å². The van der Waals surface area contributed by atoms with Crippen LogP contribution in [0, 0.1) is 5.41 Å². The molecule has 0 radical (unpaired) electrons. The second-order valence-electron chi connectivity index (χ2n) is 9.10. The van der Waals surface area contributed by atoms with Crippen molar-refractivity contribution in [2.24, 2.45) is 12.8 Å². The van der Waals surface area contributed by atoms with Gasteiger partial charge in [0.1, 0.15) is 17.2 Å². The zero-order chi connectivity index (χ0) is 26.6. The van der Waals surface area contributed by atoms with Crippen LogP contribution >= 0.6 is 24.8 Å². The van der Waals surface area contributed by atoms with E-state index in [1.54, 1.807) is 30.9 Å². The van der Waals surface area contributed by atoms with Crippen LogP contribution in [0.25, 0.3) is 11.0 Å². The molecule has 4 rings (SSSR count).